The molecule has 0 aliphatic heterocycles. The standard InChI is InChI=1S/CH4O.2CH4/c1-2;;/h2H,1H3;2*1H4/i;1D;. The predicted octanol–water partition coefficient (Wildman–Crippen LogP) is 0.881. The molecular formula is C3H12O. The Kier molecular flexibility index (Phi) is 16000. The zero-order valence-corrected chi connectivity index (χ0v) is 2.45. The Hall–Kier alpha value is -0.0400. The molecule has 0 rings (SSSR count). The molecule has 1 N–H and O–H groups in total. The zero-order valence-electron chi connectivity index (χ0n) is 3.45. The van der Waals surface area contributed by atoms with Crippen LogP contribution in [0.1, 0.15) is 16.2 Å². The van der Waals surface area contributed by atoms with Gasteiger partial charge >= 0.3 is 0 Å². The van der Waals surface area contributed by atoms with Crippen LogP contribution >= 0.6 is 0 Å². The highest BCUT2D eigenvalue weighted by Gasteiger charge is 0.839. The van der Waals surface area contributed by atoms with E-state index in [1.165, 1.54) is 7.40 Å². The Morgan fingerprint density at radius 1 is 1.50 bits per heavy atom. The first kappa shape index (κ1) is 9.03. The Morgan fingerprint density at radius 3 is 1.50 bits per heavy atom. The molecule has 30 valence electrons. The van der Waals surface area contributed by atoms with E-state index in [1.807, 2.05) is 0 Å². The van der Waals surface area contributed by atoms with Crippen molar-refractivity contribution in [2.24, 2.45) is 0 Å². The summed E-state index contributed by atoms with van der Waals surface area (Å²) in [4.78, 5) is 0. The third kappa shape index (κ3) is 1130. The lowest BCUT2D eigenvalue weighted by molar-refractivity contribution is 0.399. The fourth-order valence-corrected chi connectivity index (χ4v) is 0. The van der Waals surface area contributed by atoms with E-state index in [9.17, 15) is 0 Å². The van der Waals surface area contributed by atoms with Gasteiger partial charge in [0.25, 0.3) is 0 Å². The van der Waals surface area contributed by atoms with E-state index in [4.69, 9.17) is 6.48 Å². The van der Waals surface area contributed by atoms with E-state index in [2.05, 4.69) is 0 Å². The molecule has 0 atom stereocenters. The van der Waals surface area contributed by atoms with Gasteiger partial charge in [0.1, 0.15) is 0 Å². The fourth-order valence-electron chi connectivity index (χ4n) is 0. The summed E-state index contributed by atoms with van der Waals surface area (Å²) in [5.41, 5.74) is 0. The van der Waals surface area contributed by atoms with Gasteiger partial charge in [-0.05, 0) is 0 Å². The van der Waals surface area contributed by atoms with Crippen LogP contribution in [-0.4, -0.2) is 12.2 Å². The quantitative estimate of drug-likeness (QED) is 0.444. The maximum Gasteiger partial charge on any atom is 0.0319 e. The van der Waals surface area contributed by atoms with E-state index in [-0.39, 0.29) is 7.43 Å². The van der Waals surface area contributed by atoms with Gasteiger partial charge in [-0.1, -0.05) is 14.8 Å². The topological polar surface area (TPSA) is 20.2 Å². The average molecular weight is 65.1 g/mol. The van der Waals surface area contributed by atoms with Crippen LogP contribution in [0.5, 0.6) is 0 Å². The fraction of sp³-hybridized carbons (Fsp3) is 1.00. The van der Waals surface area contributed by atoms with Gasteiger partial charge in [0.05, 0.1) is 0 Å². The third-order valence-corrected chi connectivity index (χ3v) is 0. The van der Waals surface area contributed by atoms with E-state index in [0.29, 0.717) is 0 Å². The Bertz CT molecular complexity index is 6.85. The number of hydrogen-bond donors (Lipinski definition) is 1. The number of aliphatic hydroxyl groups excluding tert-OH is 1. The van der Waals surface area contributed by atoms with Crippen molar-refractivity contribution < 1.29 is 6.48 Å². The van der Waals surface area contributed by atoms with Crippen LogP contribution in [0, 0.1) is 0 Å². The lowest BCUT2D eigenvalue weighted by Crippen LogP contribution is -1.25. The first-order valence-corrected chi connectivity index (χ1v) is 0.447. The highest BCUT2D eigenvalue weighted by Crippen LogP contribution is 0.755. The molecule has 0 aliphatic rings. The molecular weight excluding hydrogens is 52.0 g/mol. The number of hydrogen-bond acceptors (Lipinski definition) is 1. The molecule has 0 aromatic carbocycles. The summed E-state index contributed by atoms with van der Waals surface area (Å²) >= 11 is 0. The second-order valence-electron chi connectivity index (χ2n) is 0. The summed E-state index contributed by atoms with van der Waals surface area (Å²) in [7, 11) is 2.25. The van der Waals surface area contributed by atoms with Crippen molar-refractivity contribution in [2.45, 2.75) is 14.8 Å². The summed E-state index contributed by atoms with van der Waals surface area (Å²) in [5.74, 6) is 0. The normalized spacial score (nSPS) is 3.25. The van der Waals surface area contributed by atoms with Crippen LogP contribution in [-0.2, 0) is 0 Å². The third-order valence-electron chi connectivity index (χ3n) is 0. The molecule has 0 saturated carbocycles. The zero-order chi connectivity index (χ0) is 4.00. The van der Waals surface area contributed by atoms with Gasteiger partial charge < -0.3 is 5.11 Å². The van der Waals surface area contributed by atoms with E-state index < -0.39 is 0 Å². The highest BCUT2D eigenvalue weighted by molar-refractivity contribution is 3.18. The molecule has 0 heterocycles. The average Bonchev–Trinajstić information content (AvgIpc) is 1.50. The molecule has 0 amide bonds. The van der Waals surface area contributed by atoms with Gasteiger partial charge in [-0.15, -0.1) is 0 Å². The summed E-state index contributed by atoms with van der Waals surface area (Å²) in [6.07, 6.45) is 0. The molecule has 0 aliphatic carbocycles. The van der Waals surface area contributed by atoms with Crippen molar-refractivity contribution in [3.8, 4) is 0 Å². The van der Waals surface area contributed by atoms with Gasteiger partial charge in [0.2, 0.25) is 0 Å². The van der Waals surface area contributed by atoms with Crippen molar-refractivity contribution in [2.75, 3.05) is 7.11 Å². The van der Waals surface area contributed by atoms with Crippen molar-refractivity contribution in [3.63, 3.8) is 0 Å². The van der Waals surface area contributed by atoms with Crippen LogP contribution in [0.15, 0.2) is 0 Å². The van der Waals surface area contributed by atoms with Gasteiger partial charge in [-0.2, -0.15) is 0 Å². The minimum atomic E-state index is 0. The molecule has 1 nitrogen and oxygen atoms in total. The number of aliphatic hydroxyl groups is 1. The minimum absolute atomic E-state index is 0. The van der Waals surface area contributed by atoms with Crippen molar-refractivity contribution in [1.29, 1.82) is 0 Å². The van der Waals surface area contributed by atoms with E-state index in [0.717, 1.165) is 7.11 Å². The molecule has 0 radical (unpaired) electrons. The number of rotatable bonds is 0. The first-order chi connectivity index (χ1) is 2.00. The minimum Gasteiger partial charge on any atom is -0.400 e. The van der Waals surface area contributed by atoms with Gasteiger partial charge in [0.15, 0.2) is 0 Å². The summed E-state index contributed by atoms with van der Waals surface area (Å²) in [5, 5.41) is 7.00. The highest BCUT2D eigenvalue weighted by atomic mass is 16.2. The Labute approximate surface area is 29.7 Å². The second-order valence-corrected chi connectivity index (χ2v) is 0. The molecule has 0 aromatic rings. The van der Waals surface area contributed by atoms with Crippen LogP contribution in [0.4, 0.5) is 0 Å². The van der Waals surface area contributed by atoms with Gasteiger partial charge in [-0.25, -0.2) is 0 Å². The maximum atomic E-state index is 7.00. The Balaban J connectivity index is -0.0000000133. The summed E-state index contributed by atoms with van der Waals surface area (Å²) < 4.78 is 5.75. The molecule has 1 heteroatoms. The van der Waals surface area contributed by atoms with Crippen molar-refractivity contribution in [1.82, 2.24) is 0 Å². The lowest BCUT2D eigenvalue weighted by Gasteiger charge is -1.21. The van der Waals surface area contributed by atoms with Crippen LogP contribution in [0.25, 0.3) is 0 Å². The van der Waals surface area contributed by atoms with Gasteiger partial charge in [-0.3, -0.25) is 0 Å². The van der Waals surface area contributed by atoms with Crippen molar-refractivity contribution in [3.05, 3.63) is 0 Å². The largest absolute Gasteiger partial charge is 0.400 e. The van der Waals surface area contributed by atoms with Crippen LogP contribution < -0.4 is 0 Å². The second kappa shape index (κ2) is 7110. The van der Waals surface area contributed by atoms with Crippen LogP contribution in [0.3, 0.4) is 0 Å². The molecule has 0 saturated heterocycles. The molecule has 0 bridgehead atoms. The maximum absolute atomic E-state index is 7.00. The van der Waals surface area contributed by atoms with E-state index >= 15 is 0 Å². The predicted molar refractivity (Wildman–Crippen MR) is 21.6 cm³/mol. The Morgan fingerprint density at radius 2 is 1.50 bits per heavy atom. The molecule has 0 aromatic heterocycles. The van der Waals surface area contributed by atoms with Gasteiger partial charge in [0, 0.05) is 8.48 Å². The smallest absolute Gasteiger partial charge is 0.0319 e. The molecule has 0 spiro atoms. The molecule has 4 heavy (non-hydrogen) atoms. The molecule has 0 unspecified atom stereocenters. The summed E-state index contributed by atoms with van der Waals surface area (Å²) in [6, 6.07) is 0. The van der Waals surface area contributed by atoms with Crippen molar-refractivity contribution >= 4 is 0 Å². The summed E-state index contributed by atoms with van der Waals surface area (Å²) in [6.45, 7) is 0. The molecule has 0 fully saturated rings. The first-order valence-electron chi connectivity index (χ1n) is 1.45. The monoisotopic (exact) mass is 65.1 g/mol. The lowest BCUT2D eigenvalue weighted by atomic mass is 11.8. The van der Waals surface area contributed by atoms with Crippen LogP contribution in [0.2, 0.25) is 0 Å². The SMILES string of the molecule is C.CO.[2H]C. The van der Waals surface area contributed by atoms with E-state index in [1.54, 1.807) is 0 Å².